The number of H-pyrrole nitrogens is 1. The summed E-state index contributed by atoms with van der Waals surface area (Å²) in [5.41, 5.74) is 1.89. The van der Waals surface area contributed by atoms with Gasteiger partial charge >= 0.3 is 112 Å². The molecule has 0 aliphatic carbocycles. The van der Waals surface area contributed by atoms with Crippen molar-refractivity contribution in [1.82, 2.24) is 4.98 Å². The molecule has 1 N–H and O–H groups in total. The molecule has 0 bridgehead atoms. The van der Waals surface area contributed by atoms with Gasteiger partial charge in [0.1, 0.15) is 0 Å². The van der Waals surface area contributed by atoms with Crippen LogP contribution in [0.2, 0.25) is 0 Å². The van der Waals surface area contributed by atoms with Crippen LogP contribution in [0.4, 0.5) is 0 Å². The van der Waals surface area contributed by atoms with E-state index in [4.69, 9.17) is 0 Å². The van der Waals surface area contributed by atoms with E-state index in [1.165, 1.54) is 0 Å². The van der Waals surface area contributed by atoms with Gasteiger partial charge in [-0.15, -0.1) is 0 Å². The number of rotatable bonds is 2. The van der Waals surface area contributed by atoms with Crippen molar-refractivity contribution >= 4 is 32.7 Å². The van der Waals surface area contributed by atoms with Gasteiger partial charge in [-0.2, -0.15) is 0 Å². The van der Waals surface area contributed by atoms with Crippen molar-refractivity contribution in [2.24, 2.45) is 0 Å². The van der Waals surface area contributed by atoms with Gasteiger partial charge in [0.25, 0.3) is 0 Å². The Hall–Kier alpha value is -1.90. The Kier molecular flexibility index (Phi) is 2.77. The fraction of sp³-hybridized carbons (Fsp3) is 0.0667. The van der Waals surface area contributed by atoms with E-state index in [0.717, 1.165) is 16.5 Å². The van der Waals surface area contributed by atoms with E-state index in [9.17, 15) is 7.67 Å². The van der Waals surface area contributed by atoms with Gasteiger partial charge in [0.15, 0.2) is 0 Å². The average molecular weight is 318 g/mol. The molecule has 0 radical (unpaired) electrons. The Morgan fingerprint density at radius 2 is 1.63 bits per heavy atom. The maximum absolute atomic E-state index is 12.6. The number of aryl methyl sites for hydroxylation is 1. The van der Waals surface area contributed by atoms with Gasteiger partial charge in [0, 0.05) is 0 Å². The number of fused-ring (bicyclic) bond motifs is 1. The molecule has 3 nitrogen and oxygen atoms in total. The van der Waals surface area contributed by atoms with Gasteiger partial charge in [-0.05, 0) is 0 Å². The first kappa shape index (κ1) is 12.1. The maximum atomic E-state index is 12.6. The molecule has 0 fully saturated rings. The molecule has 0 aliphatic heterocycles. The van der Waals surface area contributed by atoms with Gasteiger partial charge in [-0.3, -0.25) is 0 Å². The molecule has 0 atom stereocenters. The molecule has 3 rings (SSSR count). The second-order valence-electron chi connectivity index (χ2n) is 4.54. The molecule has 19 heavy (non-hydrogen) atoms. The number of para-hydroxylation sites is 1. The molecule has 0 spiro atoms. The van der Waals surface area contributed by atoms with Gasteiger partial charge in [-0.25, -0.2) is 0 Å². The van der Waals surface area contributed by atoms with E-state index in [0.29, 0.717) is 9.05 Å². The molecule has 96 valence electrons. The van der Waals surface area contributed by atoms with Gasteiger partial charge in [0.05, 0.1) is 0 Å². The summed E-state index contributed by atoms with van der Waals surface area (Å²) in [6.07, 6.45) is 0. The van der Waals surface area contributed by atoms with E-state index in [1.54, 1.807) is 18.2 Å². The van der Waals surface area contributed by atoms with Crippen LogP contribution in [-0.2, 0) is 7.67 Å². The van der Waals surface area contributed by atoms with Gasteiger partial charge in [-0.1, -0.05) is 0 Å². The third-order valence-corrected chi connectivity index (χ3v) is 6.68. The van der Waals surface area contributed by atoms with E-state index >= 15 is 0 Å². The normalized spacial score (nSPS) is 11.8. The second kappa shape index (κ2) is 4.33. The van der Waals surface area contributed by atoms with Crippen molar-refractivity contribution in [2.45, 2.75) is 6.92 Å². The third-order valence-electron chi connectivity index (χ3n) is 3.13. The monoisotopic (exact) mass is 319 g/mol. The average Bonchev–Trinajstić information content (AvgIpc) is 2.83. The van der Waals surface area contributed by atoms with E-state index in [2.05, 4.69) is 4.98 Å². The minimum absolute atomic E-state index is 0.307. The van der Waals surface area contributed by atoms with Crippen molar-refractivity contribution in [1.29, 1.82) is 0 Å². The fourth-order valence-corrected chi connectivity index (χ4v) is 4.71. The summed E-state index contributed by atoms with van der Waals surface area (Å²) in [6.45, 7) is 1.94. The zero-order valence-corrected chi connectivity index (χ0v) is 12.1. The number of nitrogens with one attached hydrogen (secondary N) is 1. The summed E-state index contributed by atoms with van der Waals surface area (Å²) in [4.78, 5) is 2.99. The van der Waals surface area contributed by atoms with E-state index in [-0.39, 0.29) is 0 Å². The van der Waals surface area contributed by atoms with Crippen LogP contribution in [0.3, 0.4) is 0 Å². The first-order chi connectivity index (χ1) is 9.07. The number of hydrogen-bond donors (Lipinski definition) is 1. The number of benzene rings is 2. The van der Waals surface area contributed by atoms with Crippen LogP contribution in [0.25, 0.3) is 10.9 Å². The topological polar surface area (TPSA) is 49.9 Å². The van der Waals surface area contributed by atoms with Gasteiger partial charge in [0.2, 0.25) is 0 Å². The van der Waals surface area contributed by atoms with Crippen molar-refractivity contribution in [3.63, 3.8) is 0 Å². The molecule has 0 saturated carbocycles. The molecule has 1 aromatic heterocycles. The summed E-state index contributed by atoms with van der Waals surface area (Å²) in [5, 5.41) is 0.915. The summed E-state index contributed by atoms with van der Waals surface area (Å²) in [5.74, 6) is 0. The van der Waals surface area contributed by atoms with Crippen LogP contribution in [0.15, 0.2) is 54.6 Å². The molecule has 4 heteroatoms. The predicted molar refractivity (Wildman–Crippen MR) is 75.9 cm³/mol. The third kappa shape index (κ3) is 2.09. The Morgan fingerprint density at radius 3 is 2.32 bits per heavy atom. The van der Waals surface area contributed by atoms with Crippen molar-refractivity contribution in [3.05, 3.63) is 60.2 Å². The molecule has 0 saturated heterocycles. The van der Waals surface area contributed by atoms with Crippen molar-refractivity contribution < 1.29 is 7.67 Å². The van der Waals surface area contributed by atoms with E-state index < -0.39 is 12.7 Å². The van der Waals surface area contributed by atoms with Crippen LogP contribution in [0.5, 0.6) is 0 Å². The number of aromatic amines is 1. The van der Waals surface area contributed by atoms with Crippen molar-refractivity contribution in [3.8, 4) is 0 Å². The Balaban J connectivity index is 2.16. The summed E-state index contributed by atoms with van der Waals surface area (Å²) in [6, 6.07) is 16.2. The predicted octanol–water partition coefficient (Wildman–Crippen LogP) is 1.89. The quantitative estimate of drug-likeness (QED) is 0.734. The van der Waals surface area contributed by atoms with Crippen LogP contribution >= 0.6 is 0 Å². The van der Waals surface area contributed by atoms with Crippen LogP contribution in [0, 0.1) is 6.92 Å². The Labute approximate surface area is 112 Å². The van der Waals surface area contributed by atoms with E-state index in [1.807, 2.05) is 43.3 Å². The molecule has 1 heterocycles. The molecule has 0 unspecified atom stereocenters. The minimum atomic E-state index is -4.32. The zero-order chi connectivity index (χ0) is 13.5. The first-order valence-electron chi connectivity index (χ1n) is 5.97. The number of aromatic nitrogens is 1. The summed E-state index contributed by atoms with van der Waals surface area (Å²) in [7, 11) is 0. The molecule has 0 aliphatic rings. The zero-order valence-electron chi connectivity index (χ0n) is 10.4. The molecule has 0 amide bonds. The molecular formula is C15H13NO2Se. The van der Waals surface area contributed by atoms with Crippen LogP contribution < -0.4 is 9.05 Å². The molecule has 3 aromatic rings. The second-order valence-corrected chi connectivity index (χ2v) is 8.56. The standard InChI is InChI=1S/C15H13NO2Se/c1-11-6-8-13(9-7-11)19(17,18)15-10-12-4-2-3-5-14(12)16-15/h2-10,16H,1H3. The summed E-state index contributed by atoms with van der Waals surface area (Å²) >= 11 is -4.32. The molecular weight excluding hydrogens is 305 g/mol. The fourth-order valence-electron chi connectivity index (χ4n) is 2.04. The van der Waals surface area contributed by atoms with Gasteiger partial charge < -0.3 is 0 Å². The molecule has 2 aromatic carbocycles. The SMILES string of the molecule is Cc1ccc([Se](=O)(=O)c2cc3ccccc3[nH]2)cc1. The van der Waals surface area contributed by atoms with Crippen LogP contribution in [0.1, 0.15) is 5.56 Å². The number of hydrogen-bond acceptors (Lipinski definition) is 2. The van der Waals surface area contributed by atoms with Crippen LogP contribution in [-0.4, -0.2) is 17.7 Å². The summed E-state index contributed by atoms with van der Waals surface area (Å²) < 4.78 is 25.8. The van der Waals surface area contributed by atoms with Crippen molar-refractivity contribution in [2.75, 3.05) is 0 Å². The first-order valence-corrected chi connectivity index (χ1v) is 9.08. The Bertz CT molecular complexity index is 797. The Morgan fingerprint density at radius 1 is 0.947 bits per heavy atom.